The van der Waals surface area contributed by atoms with E-state index in [4.69, 9.17) is 9.47 Å². The Morgan fingerprint density at radius 1 is 0.818 bits per heavy atom. The third-order valence-corrected chi connectivity index (χ3v) is 11.6. The van der Waals surface area contributed by atoms with E-state index in [1.165, 1.54) is 12.1 Å². The van der Waals surface area contributed by atoms with Crippen molar-refractivity contribution < 1.29 is 32.9 Å². The van der Waals surface area contributed by atoms with Crippen molar-refractivity contribution in [3.63, 3.8) is 0 Å². The lowest BCUT2D eigenvalue weighted by Gasteiger charge is -2.39. The Hall–Kier alpha value is -4.72. The molecule has 5 aromatic rings. The van der Waals surface area contributed by atoms with Gasteiger partial charge >= 0.3 is 0 Å². The molecule has 1 heterocycles. The summed E-state index contributed by atoms with van der Waals surface area (Å²) in [5.41, 5.74) is 5.55. The van der Waals surface area contributed by atoms with Crippen molar-refractivity contribution in [3.8, 4) is 0 Å². The highest BCUT2D eigenvalue weighted by Crippen LogP contribution is 2.39. The van der Waals surface area contributed by atoms with Crippen LogP contribution < -0.4 is 10.0 Å². The Labute approximate surface area is 323 Å². The molecule has 1 saturated heterocycles. The van der Waals surface area contributed by atoms with Gasteiger partial charge in [0.25, 0.3) is 0 Å². The Balaban J connectivity index is 1.18. The number of benzene rings is 5. The van der Waals surface area contributed by atoms with Gasteiger partial charge in [0.15, 0.2) is 6.29 Å². The molecule has 5 aromatic carbocycles. The first-order valence-corrected chi connectivity index (χ1v) is 19.9. The molecule has 6 rings (SSSR count). The van der Waals surface area contributed by atoms with Crippen LogP contribution in [0.2, 0.25) is 0 Å². The predicted octanol–water partition coefficient (Wildman–Crippen LogP) is 6.61. The van der Waals surface area contributed by atoms with Gasteiger partial charge < -0.3 is 25.0 Å². The largest absolute Gasteiger partial charge is 0.392 e. The van der Waals surface area contributed by atoms with Gasteiger partial charge in [0.05, 0.1) is 29.8 Å². The SMILES string of the molecule is Cc1ccc(S(=O)(=O)N[C@H](Cc2ccccc2)C(=O)Nc2ccc([C@@H]3O[C@H](CN(C)[C@H](C)[C@@H](O)c4ccccc4)C[C@H](c4ccc(CO)cc4)O3)cc2)cc1. The number of hydrogen-bond acceptors (Lipinski definition) is 8. The lowest BCUT2D eigenvalue weighted by Crippen LogP contribution is -2.45. The molecule has 288 valence electrons. The van der Waals surface area contributed by atoms with Crippen LogP contribution in [-0.4, -0.2) is 61.2 Å². The molecule has 1 aliphatic heterocycles. The Morgan fingerprint density at radius 2 is 1.44 bits per heavy atom. The van der Waals surface area contributed by atoms with Crippen molar-refractivity contribution in [2.24, 2.45) is 0 Å². The number of aryl methyl sites for hydroxylation is 1. The van der Waals surface area contributed by atoms with E-state index in [-0.39, 0.29) is 36.2 Å². The van der Waals surface area contributed by atoms with Gasteiger partial charge in [-0.05, 0) is 73.8 Å². The van der Waals surface area contributed by atoms with Gasteiger partial charge in [0.2, 0.25) is 15.9 Å². The van der Waals surface area contributed by atoms with Crippen LogP contribution in [0.25, 0.3) is 0 Å². The van der Waals surface area contributed by atoms with Crippen molar-refractivity contribution in [2.45, 2.75) is 74.9 Å². The molecule has 0 aromatic heterocycles. The van der Waals surface area contributed by atoms with Crippen LogP contribution in [-0.2, 0) is 37.3 Å². The van der Waals surface area contributed by atoms with Crippen LogP contribution in [0.15, 0.2) is 138 Å². The minimum atomic E-state index is -4.00. The minimum absolute atomic E-state index is 0.0545. The average Bonchev–Trinajstić information content (AvgIpc) is 3.21. The van der Waals surface area contributed by atoms with Gasteiger partial charge in [0.1, 0.15) is 6.04 Å². The number of rotatable bonds is 15. The van der Waals surface area contributed by atoms with Crippen molar-refractivity contribution in [2.75, 3.05) is 18.9 Å². The fourth-order valence-corrected chi connectivity index (χ4v) is 7.85. The summed E-state index contributed by atoms with van der Waals surface area (Å²) in [5.74, 6) is -0.501. The van der Waals surface area contributed by atoms with Crippen LogP contribution >= 0.6 is 0 Å². The number of carbonyl (C=O) groups excluding carboxylic acids is 1. The zero-order valence-electron chi connectivity index (χ0n) is 31.3. The number of carbonyl (C=O) groups is 1. The highest BCUT2D eigenvalue weighted by Gasteiger charge is 2.34. The number of anilines is 1. The van der Waals surface area contributed by atoms with E-state index in [2.05, 4.69) is 14.9 Å². The standard InChI is InChI=1S/C44H49N3O7S/c1-30-14-24-39(25-15-30)55(51,52)46-40(26-32-10-6-4-7-11-32)43(50)45-37-22-20-36(21-23-37)44-53-38(27-41(54-44)34-18-16-33(29-48)17-19-34)28-47(3)31(2)42(49)35-12-8-5-9-13-35/h4-25,31,38,40-42,44,46,48-49H,26-29H2,1-3H3,(H,45,50)/t31-,38+,40-,41-,42-,44-/m1/s1. The molecule has 1 fully saturated rings. The molecular weight excluding hydrogens is 715 g/mol. The summed E-state index contributed by atoms with van der Waals surface area (Å²) in [5, 5.41) is 23.6. The topological polar surface area (TPSA) is 137 Å². The number of sulfonamides is 1. The molecule has 1 aliphatic rings. The maximum absolute atomic E-state index is 13.7. The summed E-state index contributed by atoms with van der Waals surface area (Å²) >= 11 is 0. The quantitative estimate of drug-likeness (QED) is 0.0935. The minimum Gasteiger partial charge on any atom is -0.392 e. The number of hydrogen-bond donors (Lipinski definition) is 4. The van der Waals surface area contributed by atoms with Crippen LogP contribution in [0.1, 0.15) is 65.2 Å². The van der Waals surface area contributed by atoms with Gasteiger partial charge in [-0.3, -0.25) is 9.69 Å². The highest BCUT2D eigenvalue weighted by molar-refractivity contribution is 7.89. The van der Waals surface area contributed by atoms with Crippen molar-refractivity contribution >= 4 is 21.6 Å². The van der Waals surface area contributed by atoms with E-state index in [0.717, 1.165) is 33.4 Å². The van der Waals surface area contributed by atoms with E-state index in [0.29, 0.717) is 18.7 Å². The summed E-state index contributed by atoms with van der Waals surface area (Å²) in [4.78, 5) is 15.9. The zero-order valence-corrected chi connectivity index (χ0v) is 32.1. The average molecular weight is 764 g/mol. The van der Waals surface area contributed by atoms with Gasteiger partial charge in [-0.25, -0.2) is 8.42 Å². The maximum Gasteiger partial charge on any atom is 0.242 e. The normalized spacial score (nSPS) is 19.1. The molecule has 4 N–H and O–H groups in total. The Kier molecular flexibility index (Phi) is 13.3. The molecule has 0 aliphatic carbocycles. The lowest BCUT2D eigenvalue weighted by molar-refractivity contribution is -0.253. The monoisotopic (exact) mass is 763 g/mol. The Morgan fingerprint density at radius 3 is 2.07 bits per heavy atom. The molecule has 6 atom stereocenters. The molecule has 0 spiro atoms. The highest BCUT2D eigenvalue weighted by atomic mass is 32.2. The zero-order chi connectivity index (χ0) is 39.0. The van der Waals surface area contributed by atoms with Crippen LogP contribution in [0.5, 0.6) is 0 Å². The summed E-state index contributed by atoms with van der Waals surface area (Å²) in [6, 6.07) is 38.9. The fraction of sp³-hybridized carbons (Fsp3) is 0.295. The number of aliphatic hydroxyl groups is 2. The number of aliphatic hydroxyl groups excluding tert-OH is 2. The number of amides is 1. The van der Waals surface area contributed by atoms with Gasteiger partial charge in [0, 0.05) is 30.3 Å². The number of nitrogens with zero attached hydrogens (tertiary/aromatic N) is 1. The van der Waals surface area contributed by atoms with Gasteiger partial charge in [-0.2, -0.15) is 4.72 Å². The molecular formula is C44H49N3O7S. The first-order valence-electron chi connectivity index (χ1n) is 18.5. The van der Waals surface area contributed by atoms with Gasteiger partial charge in [-0.1, -0.05) is 115 Å². The number of likely N-dealkylation sites (N-methyl/N-ethyl adjacent to an activating group) is 1. The summed E-state index contributed by atoms with van der Waals surface area (Å²) in [6.45, 7) is 4.35. The van der Waals surface area contributed by atoms with Crippen LogP contribution in [0.4, 0.5) is 5.69 Å². The third kappa shape index (κ3) is 10.5. The number of nitrogens with one attached hydrogen (secondary N) is 2. The van der Waals surface area contributed by atoms with E-state index in [1.54, 1.807) is 24.3 Å². The second-order valence-electron chi connectivity index (χ2n) is 14.2. The molecule has 0 unspecified atom stereocenters. The maximum atomic E-state index is 13.7. The predicted molar refractivity (Wildman–Crippen MR) is 212 cm³/mol. The molecule has 0 radical (unpaired) electrons. The van der Waals surface area contributed by atoms with Crippen LogP contribution in [0.3, 0.4) is 0 Å². The molecule has 1 amide bonds. The number of ether oxygens (including phenoxy) is 2. The van der Waals surface area contributed by atoms with E-state index in [9.17, 15) is 23.4 Å². The fourth-order valence-electron chi connectivity index (χ4n) is 6.65. The molecule has 0 saturated carbocycles. The van der Waals surface area contributed by atoms with Crippen molar-refractivity contribution in [3.05, 3.63) is 167 Å². The molecule has 11 heteroatoms. The molecule has 10 nitrogen and oxygen atoms in total. The van der Waals surface area contributed by atoms with Crippen molar-refractivity contribution in [1.82, 2.24) is 9.62 Å². The van der Waals surface area contributed by atoms with Crippen molar-refractivity contribution in [1.29, 1.82) is 0 Å². The second kappa shape index (κ2) is 18.3. The molecule has 0 bridgehead atoms. The van der Waals surface area contributed by atoms with Gasteiger partial charge in [-0.15, -0.1) is 0 Å². The smallest absolute Gasteiger partial charge is 0.242 e. The first-order chi connectivity index (χ1) is 26.5. The third-order valence-electron chi connectivity index (χ3n) is 10.1. The van der Waals surface area contributed by atoms with E-state index >= 15 is 0 Å². The molecule has 55 heavy (non-hydrogen) atoms. The Bertz CT molecular complexity index is 2080. The van der Waals surface area contributed by atoms with E-state index in [1.807, 2.05) is 118 Å². The summed E-state index contributed by atoms with van der Waals surface area (Å²) < 4.78 is 42.4. The lowest BCUT2D eigenvalue weighted by atomic mass is 9.98. The summed E-state index contributed by atoms with van der Waals surface area (Å²) in [6.07, 6.45) is -1.26. The van der Waals surface area contributed by atoms with E-state index < -0.39 is 34.4 Å². The first kappa shape index (κ1) is 40.0. The van der Waals surface area contributed by atoms with Crippen LogP contribution in [0, 0.1) is 6.92 Å². The second-order valence-corrected chi connectivity index (χ2v) is 15.9. The summed E-state index contributed by atoms with van der Waals surface area (Å²) in [7, 11) is -2.03.